The molecule has 0 unspecified atom stereocenters. The van der Waals surface area contributed by atoms with E-state index in [4.69, 9.17) is 5.73 Å². The van der Waals surface area contributed by atoms with Crippen LogP contribution in [-0.2, 0) is 4.79 Å². The fraction of sp³-hybridized carbons (Fsp3) is 0.125. The van der Waals surface area contributed by atoms with E-state index in [-0.39, 0.29) is 11.8 Å². The average molecular weight is 295 g/mol. The van der Waals surface area contributed by atoms with Crippen LogP contribution in [0.15, 0.2) is 42.5 Å². The first-order valence-corrected chi connectivity index (χ1v) is 7.58. The summed E-state index contributed by atoms with van der Waals surface area (Å²) in [7, 11) is 0. The van der Waals surface area contributed by atoms with Crippen molar-refractivity contribution in [1.82, 2.24) is 4.98 Å². The zero-order valence-electron chi connectivity index (χ0n) is 11.2. The van der Waals surface area contributed by atoms with E-state index < -0.39 is 0 Å². The van der Waals surface area contributed by atoms with Gasteiger partial charge < -0.3 is 11.1 Å². The van der Waals surface area contributed by atoms with Crippen LogP contribution in [0, 0.1) is 0 Å². The molecule has 0 fully saturated rings. The van der Waals surface area contributed by atoms with Crippen molar-refractivity contribution in [3.8, 4) is 0 Å². The van der Waals surface area contributed by atoms with Gasteiger partial charge in [-0.1, -0.05) is 53.8 Å². The molecule has 3 aromatic rings. The van der Waals surface area contributed by atoms with Gasteiger partial charge in [0.2, 0.25) is 5.91 Å². The van der Waals surface area contributed by atoms with Gasteiger partial charge in [0.15, 0.2) is 5.13 Å². The van der Waals surface area contributed by atoms with Gasteiger partial charge >= 0.3 is 0 Å². The number of amides is 1. The van der Waals surface area contributed by atoms with Crippen molar-refractivity contribution in [3.05, 3.63) is 52.9 Å². The number of benzene rings is 2. The fourth-order valence-corrected chi connectivity index (χ4v) is 3.85. The molecule has 0 saturated carbocycles. The van der Waals surface area contributed by atoms with Crippen molar-refractivity contribution in [2.75, 3.05) is 11.1 Å². The highest BCUT2D eigenvalue weighted by atomic mass is 32.1. The molecule has 1 aliphatic heterocycles. The smallest absolute Gasteiger partial charge is 0.226 e. The molecule has 104 valence electrons. The molecule has 0 radical (unpaired) electrons. The van der Waals surface area contributed by atoms with Crippen molar-refractivity contribution in [2.24, 2.45) is 0 Å². The number of hydrogen-bond donors (Lipinski definition) is 2. The Labute approximate surface area is 125 Å². The second-order valence-corrected chi connectivity index (χ2v) is 6.20. The van der Waals surface area contributed by atoms with Crippen molar-refractivity contribution in [2.45, 2.75) is 12.3 Å². The zero-order valence-corrected chi connectivity index (χ0v) is 12.0. The quantitative estimate of drug-likeness (QED) is 0.723. The van der Waals surface area contributed by atoms with Crippen LogP contribution in [0.25, 0.3) is 10.8 Å². The first-order chi connectivity index (χ1) is 10.2. The monoisotopic (exact) mass is 295 g/mol. The van der Waals surface area contributed by atoms with Gasteiger partial charge in [0.25, 0.3) is 0 Å². The Kier molecular flexibility index (Phi) is 2.68. The molecule has 21 heavy (non-hydrogen) atoms. The molecule has 2 aromatic carbocycles. The van der Waals surface area contributed by atoms with Crippen LogP contribution in [0.5, 0.6) is 0 Å². The highest BCUT2D eigenvalue weighted by Crippen LogP contribution is 2.43. The van der Waals surface area contributed by atoms with E-state index in [9.17, 15) is 4.79 Å². The number of aromatic nitrogens is 1. The van der Waals surface area contributed by atoms with Crippen LogP contribution in [-0.4, -0.2) is 10.9 Å². The molecule has 4 nitrogen and oxygen atoms in total. The summed E-state index contributed by atoms with van der Waals surface area (Å²) in [5, 5.41) is 5.66. The lowest BCUT2D eigenvalue weighted by atomic mass is 9.88. The summed E-state index contributed by atoms with van der Waals surface area (Å²) in [6, 6.07) is 14.4. The van der Waals surface area contributed by atoms with Gasteiger partial charge in [-0.15, -0.1) is 0 Å². The predicted octanol–water partition coefficient (Wildman–Crippen LogP) is 3.35. The summed E-state index contributed by atoms with van der Waals surface area (Å²) in [6.07, 6.45) is 0.433. The minimum Gasteiger partial charge on any atom is -0.375 e. The Balaban J connectivity index is 1.94. The number of rotatable bonds is 1. The van der Waals surface area contributed by atoms with Gasteiger partial charge in [0, 0.05) is 12.3 Å². The van der Waals surface area contributed by atoms with E-state index in [1.54, 1.807) is 0 Å². The van der Waals surface area contributed by atoms with Crippen molar-refractivity contribution in [3.63, 3.8) is 0 Å². The van der Waals surface area contributed by atoms with Crippen LogP contribution in [0.2, 0.25) is 0 Å². The lowest BCUT2D eigenvalue weighted by molar-refractivity contribution is -0.116. The lowest BCUT2D eigenvalue weighted by Gasteiger charge is -2.22. The lowest BCUT2D eigenvalue weighted by Crippen LogP contribution is -2.22. The summed E-state index contributed by atoms with van der Waals surface area (Å²) in [4.78, 5) is 17.2. The third kappa shape index (κ3) is 1.97. The van der Waals surface area contributed by atoms with E-state index in [1.807, 2.05) is 18.2 Å². The molecule has 3 N–H and O–H groups in total. The molecule has 1 atom stereocenters. The minimum atomic E-state index is -0.00858. The predicted molar refractivity (Wildman–Crippen MR) is 85.6 cm³/mol. The maximum Gasteiger partial charge on any atom is 0.226 e. The SMILES string of the molecule is Nc1nc2c(s1)[C@@H](c1cccc3ccccc13)CC(=O)N2. The highest BCUT2D eigenvalue weighted by Gasteiger charge is 2.30. The number of fused-ring (bicyclic) bond motifs is 2. The Morgan fingerprint density at radius 3 is 2.90 bits per heavy atom. The second-order valence-electron chi connectivity index (χ2n) is 5.14. The maximum atomic E-state index is 12.0. The first-order valence-electron chi connectivity index (χ1n) is 6.76. The number of thiazole rings is 1. The molecular weight excluding hydrogens is 282 g/mol. The van der Waals surface area contributed by atoms with E-state index in [0.717, 1.165) is 10.4 Å². The number of nitrogens with one attached hydrogen (secondary N) is 1. The van der Waals surface area contributed by atoms with Crippen LogP contribution in [0.1, 0.15) is 22.8 Å². The fourth-order valence-electron chi connectivity index (χ4n) is 2.94. The van der Waals surface area contributed by atoms with Crippen LogP contribution in [0.3, 0.4) is 0 Å². The summed E-state index contributed by atoms with van der Waals surface area (Å²) < 4.78 is 0. The summed E-state index contributed by atoms with van der Waals surface area (Å²) in [6.45, 7) is 0. The van der Waals surface area contributed by atoms with Crippen LogP contribution < -0.4 is 11.1 Å². The molecule has 2 heterocycles. The average Bonchev–Trinajstić information content (AvgIpc) is 2.86. The Morgan fingerprint density at radius 2 is 2.00 bits per heavy atom. The molecule has 0 bridgehead atoms. The number of nitrogen functional groups attached to an aromatic ring is 1. The molecule has 0 saturated heterocycles. The first kappa shape index (κ1) is 12.3. The van der Waals surface area contributed by atoms with E-state index in [2.05, 4.69) is 34.6 Å². The molecule has 5 heteroatoms. The van der Waals surface area contributed by atoms with Crippen LogP contribution >= 0.6 is 11.3 Å². The topological polar surface area (TPSA) is 68.0 Å². The summed E-state index contributed by atoms with van der Waals surface area (Å²) in [5.41, 5.74) is 6.97. The number of carbonyl (C=O) groups excluding carboxylic acids is 1. The van der Waals surface area contributed by atoms with E-state index >= 15 is 0 Å². The van der Waals surface area contributed by atoms with Crippen molar-refractivity contribution in [1.29, 1.82) is 0 Å². The normalized spacial score (nSPS) is 17.5. The van der Waals surface area contributed by atoms with Gasteiger partial charge in [-0.05, 0) is 16.3 Å². The number of hydrogen-bond acceptors (Lipinski definition) is 4. The number of anilines is 2. The highest BCUT2D eigenvalue weighted by molar-refractivity contribution is 7.16. The molecule has 0 spiro atoms. The van der Waals surface area contributed by atoms with Gasteiger partial charge in [-0.3, -0.25) is 4.79 Å². The van der Waals surface area contributed by atoms with Gasteiger partial charge in [-0.2, -0.15) is 0 Å². The Bertz CT molecular complexity index is 850. The Morgan fingerprint density at radius 1 is 1.19 bits per heavy atom. The number of nitrogens with zero attached hydrogens (tertiary/aromatic N) is 1. The molecule has 0 aliphatic carbocycles. The van der Waals surface area contributed by atoms with E-state index in [1.165, 1.54) is 22.1 Å². The van der Waals surface area contributed by atoms with Crippen molar-refractivity contribution < 1.29 is 4.79 Å². The molecule has 4 rings (SSSR count). The van der Waals surface area contributed by atoms with E-state index in [0.29, 0.717) is 17.4 Å². The number of carbonyl (C=O) groups is 1. The zero-order chi connectivity index (χ0) is 14.4. The molecule has 1 aliphatic rings. The standard InChI is InChI=1S/C16H13N3OS/c17-16-19-15-14(21-16)12(8-13(20)18-15)11-7-3-5-9-4-1-2-6-10(9)11/h1-7,12H,8H2,(H2,17,19)(H,18,20)/t12-/m1/s1. The summed E-state index contributed by atoms with van der Waals surface area (Å²) >= 11 is 1.46. The van der Waals surface area contributed by atoms with Gasteiger partial charge in [0.1, 0.15) is 5.82 Å². The molecular formula is C16H13N3OS. The molecule has 1 amide bonds. The molecule has 1 aromatic heterocycles. The van der Waals surface area contributed by atoms with Gasteiger partial charge in [0.05, 0.1) is 4.88 Å². The summed E-state index contributed by atoms with van der Waals surface area (Å²) in [5.74, 6) is 0.632. The largest absolute Gasteiger partial charge is 0.375 e. The van der Waals surface area contributed by atoms with Crippen molar-refractivity contribution >= 4 is 39.0 Å². The second kappa shape index (κ2) is 4.56. The Hall–Kier alpha value is -2.40. The minimum absolute atomic E-state index is 0.00858. The van der Waals surface area contributed by atoms with Crippen LogP contribution in [0.4, 0.5) is 10.9 Å². The van der Waals surface area contributed by atoms with Gasteiger partial charge in [-0.25, -0.2) is 4.98 Å². The third-order valence-electron chi connectivity index (χ3n) is 3.83. The maximum absolute atomic E-state index is 12.0. The third-order valence-corrected chi connectivity index (χ3v) is 4.83. The number of nitrogens with two attached hydrogens (primary N) is 1.